The molecule has 1 amide bonds. The van der Waals surface area contributed by atoms with Gasteiger partial charge in [-0.2, -0.15) is 0 Å². The van der Waals surface area contributed by atoms with Crippen molar-refractivity contribution in [2.45, 2.75) is 40.2 Å². The number of rotatable bonds is 3. The van der Waals surface area contributed by atoms with Crippen LogP contribution in [0.2, 0.25) is 0 Å². The third-order valence-electron chi connectivity index (χ3n) is 1.49. The van der Waals surface area contributed by atoms with E-state index in [2.05, 4.69) is 5.32 Å². The molecule has 0 aromatic carbocycles. The molecule has 1 atom stereocenters. The second-order valence-corrected chi connectivity index (χ2v) is 2.97. The molecule has 0 fully saturated rings. The number of hydrogen-bond acceptors (Lipinski definition) is 1. The summed E-state index contributed by atoms with van der Waals surface area (Å²) in [6.07, 6.45) is 0.915. The van der Waals surface area contributed by atoms with Gasteiger partial charge in [0, 0.05) is 12.0 Å². The maximum Gasteiger partial charge on any atom is 0.223 e. The molecule has 0 aromatic rings. The molecule has 0 aromatic heterocycles. The zero-order valence-corrected chi connectivity index (χ0v) is 7.27. The van der Waals surface area contributed by atoms with E-state index < -0.39 is 0 Å². The summed E-state index contributed by atoms with van der Waals surface area (Å²) in [5.41, 5.74) is 0. The van der Waals surface area contributed by atoms with Gasteiger partial charge in [0.1, 0.15) is 0 Å². The minimum Gasteiger partial charge on any atom is -0.354 e. The average Bonchev–Trinajstić information content (AvgIpc) is 1.85. The molecule has 0 rings (SSSR count). The molecule has 60 valence electrons. The van der Waals surface area contributed by atoms with Crippen LogP contribution in [0.3, 0.4) is 0 Å². The highest BCUT2D eigenvalue weighted by Gasteiger charge is 2.09. The molecule has 0 spiro atoms. The lowest BCUT2D eigenvalue weighted by molar-refractivity contribution is -0.125. The molecule has 0 radical (unpaired) electrons. The fourth-order valence-corrected chi connectivity index (χ4v) is 0.612. The molecule has 0 heterocycles. The molecule has 0 bridgehead atoms. The molecule has 0 aliphatic carbocycles. The molecule has 0 saturated carbocycles. The van der Waals surface area contributed by atoms with Gasteiger partial charge in [-0.15, -0.1) is 0 Å². The second-order valence-electron chi connectivity index (χ2n) is 2.97. The standard InChI is InChI=1S/C8H17NO/c1-5-7(4)8(10)9-6(2)3/h6-7H,5H2,1-4H3,(H,9,10)/t7-/m0/s1. The fraction of sp³-hybridized carbons (Fsp3) is 0.875. The van der Waals surface area contributed by atoms with Crippen LogP contribution in [0, 0.1) is 5.92 Å². The number of hydrogen-bond donors (Lipinski definition) is 1. The van der Waals surface area contributed by atoms with Crippen molar-refractivity contribution in [3.05, 3.63) is 0 Å². The van der Waals surface area contributed by atoms with Crippen molar-refractivity contribution < 1.29 is 4.79 Å². The van der Waals surface area contributed by atoms with E-state index in [0.29, 0.717) is 0 Å². The third kappa shape index (κ3) is 3.49. The van der Waals surface area contributed by atoms with Crippen molar-refractivity contribution in [2.24, 2.45) is 5.92 Å². The van der Waals surface area contributed by atoms with Crippen molar-refractivity contribution in [1.29, 1.82) is 0 Å². The highest BCUT2D eigenvalue weighted by atomic mass is 16.1. The maximum absolute atomic E-state index is 11.1. The van der Waals surface area contributed by atoms with Crippen molar-refractivity contribution in [2.75, 3.05) is 0 Å². The van der Waals surface area contributed by atoms with Crippen LogP contribution in [0.25, 0.3) is 0 Å². The summed E-state index contributed by atoms with van der Waals surface area (Å²) in [5.74, 6) is 0.319. The van der Waals surface area contributed by atoms with Gasteiger partial charge in [0.05, 0.1) is 0 Å². The third-order valence-corrected chi connectivity index (χ3v) is 1.49. The first-order valence-corrected chi connectivity index (χ1v) is 3.88. The van der Waals surface area contributed by atoms with Gasteiger partial charge >= 0.3 is 0 Å². The van der Waals surface area contributed by atoms with Gasteiger partial charge in [-0.1, -0.05) is 13.8 Å². The Balaban J connectivity index is 3.62. The normalized spacial score (nSPS) is 13.3. The average molecular weight is 143 g/mol. The Kier molecular flexibility index (Phi) is 4.08. The predicted molar refractivity (Wildman–Crippen MR) is 42.7 cm³/mol. The summed E-state index contributed by atoms with van der Waals surface area (Å²) in [6, 6.07) is 0.265. The lowest BCUT2D eigenvalue weighted by Crippen LogP contribution is -2.34. The van der Waals surface area contributed by atoms with Gasteiger partial charge in [-0.05, 0) is 20.3 Å². The van der Waals surface area contributed by atoms with E-state index >= 15 is 0 Å². The quantitative estimate of drug-likeness (QED) is 0.638. The summed E-state index contributed by atoms with van der Waals surface area (Å²) < 4.78 is 0. The van der Waals surface area contributed by atoms with E-state index in [1.165, 1.54) is 0 Å². The van der Waals surface area contributed by atoms with Crippen molar-refractivity contribution >= 4 is 5.91 Å². The Labute approximate surface area is 63.0 Å². The molecule has 0 saturated heterocycles. The minimum absolute atomic E-state index is 0.155. The van der Waals surface area contributed by atoms with Crippen LogP contribution in [-0.2, 0) is 4.79 Å². The zero-order chi connectivity index (χ0) is 8.15. The van der Waals surface area contributed by atoms with E-state index in [0.717, 1.165) is 6.42 Å². The largest absolute Gasteiger partial charge is 0.354 e. The second kappa shape index (κ2) is 4.31. The fourth-order valence-electron chi connectivity index (χ4n) is 0.612. The number of carbonyl (C=O) groups excluding carboxylic acids is 1. The molecule has 0 aliphatic rings. The van der Waals surface area contributed by atoms with Crippen LogP contribution in [-0.4, -0.2) is 11.9 Å². The molecule has 10 heavy (non-hydrogen) atoms. The Morgan fingerprint density at radius 2 is 1.90 bits per heavy atom. The van der Waals surface area contributed by atoms with Crippen LogP contribution >= 0.6 is 0 Å². The van der Waals surface area contributed by atoms with Crippen molar-refractivity contribution in [3.8, 4) is 0 Å². The van der Waals surface area contributed by atoms with Crippen LogP contribution < -0.4 is 5.32 Å². The minimum atomic E-state index is 0.155. The number of carbonyl (C=O) groups is 1. The highest BCUT2D eigenvalue weighted by Crippen LogP contribution is 1.99. The van der Waals surface area contributed by atoms with Crippen LogP contribution in [0.5, 0.6) is 0 Å². The number of amides is 1. The Bertz CT molecular complexity index is 110. The highest BCUT2D eigenvalue weighted by molar-refractivity contribution is 5.78. The first-order valence-electron chi connectivity index (χ1n) is 3.88. The van der Waals surface area contributed by atoms with Gasteiger partial charge < -0.3 is 5.32 Å². The monoisotopic (exact) mass is 143 g/mol. The van der Waals surface area contributed by atoms with Gasteiger partial charge in [-0.25, -0.2) is 0 Å². The van der Waals surface area contributed by atoms with Crippen molar-refractivity contribution in [1.82, 2.24) is 5.32 Å². The predicted octanol–water partition coefficient (Wildman–Crippen LogP) is 1.56. The smallest absolute Gasteiger partial charge is 0.223 e. The van der Waals surface area contributed by atoms with Gasteiger partial charge in [0.2, 0.25) is 5.91 Å². The Morgan fingerprint density at radius 3 is 2.20 bits per heavy atom. The van der Waals surface area contributed by atoms with Crippen molar-refractivity contribution in [3.63, 3.8) is 0 Å². The van der Waals surface area contributed by atoms with E-state index in [1.54, 1.807) is 0 Å². The van der Waals surface area contributed by atoms with Gasteiger partial charge in [0.15, 0.2) is 0 Å². The SMILES string of the molecule is CC[C@H](C)C(=O)NC(C)C. The molecule has 1 N–H and O–H groups in total. The Morgan fingerprint density at radius 1 is 1.40 bits per heavy atom. The van der Waals surface area contributed by atoms with E-state index in [4.69, 9.17) is 0 Å². The molecule has 0 aliphatic heterocycles. The molecule has 2 heteroatoms. The number of nitrogens with one attached hydrogen (secondary N) is 1. The summed E-state index contributed by atoms with van der Waals surface area (Å²) in [6.45, 7) is 7.91. The van der Waals surface area contributed by atoms with E-state index in [-0.39, 0.29) is 17.9 Å². The summed E-state index contributed by atoms with van der Waals surface area (Å²) in [7, 11) is 0. The molecular weight excluding hydrogens is 126 g/mol. The summed E-state index contributed by atoms with van der Waals surface area (Å²) in [5, 5.41) is 2.85. The zero-order valence-electron chi connectivity index (χ0n) is 7.27. The maximum atomic E-state index is 11.1. The van der Waals surface area contributed by atoms with Gasteiger partial charge in [-0.3, -0.25) is 4.79 Å². The van der Waals surface area contributed by atoms with E-state index in [9.17, 15) is 4.79 Å². The van der Waals surface area contributed by atoms with Crippen LogP contribution in [0.4, 0.5) is 0 Å². The topological polar surface area (TPSA) is 29.1 Å². The summed E-state index contributed by atoms with van der Waals surface area (Å²) >= 11 is 0. The lowest BCUT2D eigenvalue weighted by Gasteiger charge is -2.11. The van der Waals surface area contributed by atoms with Crippen LogP contribution in [0.1, 0.15) is 34.1 Å². The van der Waals surface area contributed by atoms with Crippen LogP contribution in [0.15, 0.2) is 0 Å². The Hall–Kier alpha value is -0.530. The first-order chi connectivity index (χ1) is 4.57. The van der Waals surface area contributed by atoms with Gasteiger partial charge in [0.25, 0.3) is 0 Å². The molecule has 2 nitrogen and oxygen atoms in total. The summed E-state index contributed by atoms with van der Waals surface area (Å²) in [4.78, 5) is 11.1. The first kappa shape index (κ1) is 9.47. The van der Waals surface area contributed by atoms with E-state index in [1.807, 2.05) is 27.7 Å². The molecular formula is C8H17NO. The molecule has 0 unspecified atom stereocenters. The lowest BCUT2D eigenvalue weighted by atomic mass is 10.1.